The second-order valence-electron chi connectivity index (χ2n) is 6.78. The third-order valence-electron chi connectivity index (χ3n) is 4.39. The van der Waals surface area contributed by atoms with E-state index in [1.54, 1.807) is 25.3 Å². The van der Waals surface area contributed by atoms with Crippen molar-refractivity contribution in [2.45, 2.75) is 39.7 Å². The summed E-state index contributed by atoms with van der Waals surface area (Å²) < 4.78 is 16.5. The van der Waals surface area contributed by atoms with Gasteiger partial charge in [-0.15, -0.1) is 0 Å². The fraction of sp³-hybridized carbons (Fsp3) is 0.318. The van der Waals surface area contributed by atoms with Gasteiger partial charge < -0.3 is 19.5 Å². The molecule has 1 aromatic carbocycles. The fourth-order valence-electron chi connectivity index (χ4n) is 3.29. The lowest BCUT2D eigenvalue weighted by atomic mass is 9.83. The van der Waals surface area contributed by atoms with Gasteiger partial charge in [0.1, 0.15) is 5.76 Å². The third kappa shape index (κ3) is 4.16. The van der Waals surface area contributed by atoms with E-state index in [1.165, 1.54) is 0 Å². The Morgan fingerprint density at radius 1 is 1.31 bits per heavy atom. The van der Waals surface area contributed by atoms with Crippen LogP contribution < -0.4 is 10.1 Å². The molecule has 0 bridgehead atoms. The van der Waals surface area contributed by atoms with Crippen molar-refractivity contribution >= 4 is 11.8 Å². The number of hydrogen-bond acceptors (Lipinski definition) is 7. The molecule has 7 nitrogen and oxygen atoms in total. The maximum atomic E-state index is 12.1. The van der Waals surface area contributed by atoms with Gasteiger partial charge in [0.25, 0.3) is 0 Å². The van der Waals surface area contributed by atoms with Gasteiger partial charge in [-0.05, 0) is 45.4 Å². The van der Waals surface area contributed by atoms with Crippen LogP contribution in [0.3, 0.4) is 0 Å². The summed E-state index contributed by atoms with van der Waals surface area (Å²) in [5.41, 5.74) is 3.29. The van der Waals surface area contributed by atoms with Crippen molar-refractivity contribution in [2.24, 2.45) is 0 Å². The average Bonchev–Trinajstić information content (AvgIpc) is 2.68. The summed E-state index contributed by atoms with van der Waals surface area (Å²) in [6.45, 7) is 7.53. The first kappa shape index (κ1) is 20.2. The molecule has 0 spiro atoms. The van der Waals surface area contributed by atoms with Crippen molar-refractivity contribution in [1.82, 2.24) is 4.98 Å². The number of rotatable bonds is 5. The lowest BCUT2D eigenvalue weighted by Gasteiger charge is -2.31. The molecule has 1 unspecified atom stereocenters. The van der Waals surface area contributed by atoms with Crippen LogP contribution in [0.15, 0.2) is 48.0 Å². The summed E-state index contributed by atoms with van der Waals surface area (Å²) in [6.07, 6.45) is 0.741. The first-order chi connectivity index (χ1) is 14.0. The molecule has 7 heteroatoms. The Hall–Kier alpha value is -3.53. The van der Waals surface area contributed by atoms with Crippen LogP contribution in [0.25, 0.3) is 0 Å². The van der Waals surface area contributed by atoms with Crippen LogP contribution in [-0.2, 0) is 9.47 Å². The van der Waals surface area contributed by atoms with Crippen LogP contribution in [0.1, 0.15) is 50.3 Å². The number of aromatic nitrogens is 1. The highest BCUT2D eigenvalue weighted by molar-refractivity contribution is 5.71. The molecular weight excluding hydrogens is 370 g/mol. The summed E-state index contributed by atoms with van der Waals surface area (Å²) in [5, 5.41) is 12.9. The standard InChI is InChI=1S/C22H23N3O4/c1-5-27-22(26)29-20-14(4)25-17-10-11-24-21(28-13(2)3)19(17)18(20)16-9-7-6-8-15(16)12-23/h6-11,13,18,25H,5H2,1-4H3. The molecule has 0 aliphatic carbocycles. The topological polar surface area (TPSA) is 93.5 Å². The average molecular weight is 393 g/mol. The molecule has 0 fully saturated rings. The number of ether oxygens (including phenoxy) is 3. The second kappa shape index (κ2) is 8.65. The number of fused-ring (bicyclic) bond motifs is 1. The number of benzene rings is 1. The maximum Gasteiger partial charge on any atom is 0.513 e. The van der Waals surface area contributed by atoms with Gasteiger partial charge in [0, 0.05) is 11.9 Å². The van der Waals surface area contributed by atoms with Crippen molar-refractivity contribution < 1.29 is 19.0 Å². The van der Waals surface area contributed by atoms with E-state index in [9.17, 15) is 10.1 Å². The second-order valence-corrected chi connectivity index (χ2v) is 6.78. The molecule has 29 heavy (non-hydrogen) atoms. The van der Waals surface area contributed by atoms with Gasteiger partial charge >= 0.3 is 6.16 Å². The lowest BCUT2D eigenvalue weighted by Crippen LogP contribution is -2.24. The van der Waals surface area contributed by atoms with Gasteiger partial charge in [-0.25, -0.2) is 9.78 Å². The Labute approximate surface area is 169 Å². The number of nitrogens with one attached hydrogen (secondary N) is 1. The summed E-state index contributed by atoms with van der Waals surface area (Å²) in [7, 11) is 0. The maximum absolute atomic E-state index is 12.1. The van der Waals surface area contributed by atoms with Gasteiger partial charge in [-0.3, -0.25) is 0 Å². The highest BCUT2D eigenvalue weighted by Gasteiger charge is 2.36. The fourth-order valence-corrected chi connectivity index (χ4v) is 3.29. The SMILES string of the molecule is CCOC(=O)OC1=C(C)Nc2ccnc(OC(C)C)c2C1c1ccccc1C#N. The summed E-state index contributed by atoms with van der Waals surface area (Å²) >= 11 is 0. The number of anilines is 1. The van der Waals surface area contributed by atoms with Crippen molar-refractivity contribution in [3.05, 3.63) is 64.7 Å². The van der Waals surface area contributed by atoms with Gasteiger partial charge in [0.2, 0.25) is 5.88 Å². The van der Waals surface area contributed by atoms with E-state index in [0.29, 0.717) is 34.0 Å². The number of nitriles is 1. The number of nitrogens with zero attached hydrogens (tertiary/aromatic N) is 2. The van der Waals surface area contributed by atoms with Gasteiger partial charge in [-0.1, -0.05) is 18.2 Å². The summed E-state index contributed by atoms with van der Waals surface area (Å²) in [5.74, 6) is 0.203. The van der Waals surface area contributed by atoms with Crippen LogP contribution in [-0.4, -0.2) is 23.9 Å². The first-order valence-corrected chi connectivity index (χ1v) is 9.43. The van der Waals surface area contributed by atoms with Gasteiger partial charge in [0.05, 0.1) is 41.5 Å². The Morgan fingerprint density at radius 2 is 2.07 bits per heavy atom. The Morgan fingerprint density at radius 3 is 2.76 bits per heavy atom. The molecule has 150 valence electrons. The Kier molecular flexibility index (Phi) is 6.03. The van der Waals surface area contributed by atoms with E-state index in [-0.39, 0.29) is 12.7 Å². The Balaban J connectivity index is 2.23. The molecule has 1 aliphatic rings. The number of hydrogen-bond donors (Lipinski definition) is 1. The molecule has 1 N–H and O–H groups in total. The van der Waals surface area contributed by atoms with Crippen molar-refractivity contribution in [2.75, 3.05) is 11.9 Å². The zero-order chi connectivity index (χ0) is 21.0. The summed E-state index contributed by atoms with van der Waals surface area (Å²) in [4.78, 5) is 16.5. The number of pyridine rings is 1. The van der Waals surface area contributed by atoms with E-state index >= 15 is 0 Å². The smallest absolute Gasteiger partial charge is 0.475 e. The third-order valence-corrected chi connectivity index (χ3v) is 4.39. The first-order valence-electron chi connectivity index (χ1n) is 9.43. The molecule has 1 aromatic heterocycles. The van der Waals surface area contributed by atoms with Crippen molar-refractivity contribution in [1.29, 1.82) is 5.26 Å². The van der Waals surface area contributed by atoms with E-state index in [2.05, 4.69) is 16.4 Å². The minimum atomic E-state index is -0.804. The molecule has 1 atom stereocenters. The van der Waals surface area contributed by atoms with E-state index in [1.807, 2.05) is 39.0 Å². The lowest BCUT2D eigenvalue weighted by molar-refractivity contribution is 0.0775. The van der Waals surface area contributed by atoms with Crippen LogP contribution in [0.4, 0.5) is 10.5 Å². The molecule has 3 rings (SSSR count). The predicted molar refractivity (Wildman–Crippen MR) is 107 cm³/mol. The largest absolute Gasteiger partial charge is 0.513 e. The van der Waals surface area contributed by atoms with Crippen LogP contribution in [0.2, 0.25) is 0 Å². The zero-order valence-corrected chi connectivity index (χ0v) is 16.9. The summed E-state index contributed by atoms with van der Waals surface area (Å²) in [6, 6.07) is 11.3. The highest BCUT2D eigenvalue weighted by atomic mass is 16.7. The molecular formula is C22H23N3O4. The minimum Gasteiger partial charge on any atom is -0.475 e. The van der Waals surface area contributed by atoms with E-state index < -0.39 is 12.1 Å². The monoisotopic (exact) mass is 393 g/mol. The number of carbonyl (C=O) groups is 1. The molecule has 2 heterocycles. The molecule has 0 saturated heterocycles. The van der Waals surface area contributed by atoms with E-state index in [4.69, 9.17) is 14.2 Å². The predicted octanol–water partition coefficient (Wildman–Crippen LogP) is 4.70. The van der Waals surface area contributed by atoms with E-state index in [0.717, 1.165) is 5.69 Å². The molecule has 0 saturated carbocycles. The minimum absolute atomic E-state index is 0.109. The highest BCUT2D eigenvalue weighted by Crippen LogP contribution is 2.46. The van der Waals surface area contributed by atoms with Crippen LogP contribution in [0, 0.1) is 11.3 Å². The zero-order valence-electron chi connectivity index (χ0n) is 16.9. The van der Waals surface area contributed by atoms with Crippen molar-refractivity contribution in [3.8, 4) is 11.9 Å². The van der Waals surface area contributed by atoms with Gasteiger partial charge in [0.15, 0.2) is 0 Å². The van der Waals surface area contributed by atoms with Gasteiger partial charge in [-0.2, -0.15) is 5.26 Å². The van der Waals surface area contributed by atoms with Crippen LogP contribution in [0.5, 0.6) is 5.88 Å². The molecule has 0 radical (unpaired) electrons. The molecule has 0 amide bonds. The Bertz CT molecular complexity index is 992. The van der Waals surface area contributed by atoms with Crippen LogP contribution >= 0.6 is 0 Å². The molecule has 2 aromatic rings. The normalized spacial score (nSPS) is 15.2. The van der Waals surface area contributed by atoms with Crippen molar-refractivity contribution in [3.63, 3.8) is 0 Å². The quantitative estimate of drug-likeness (QED) is 0.736. The number of allylic oxidation sites excluding steroid dienone is 2. The molecule has 1 aliphatic heterocycles. The number of carbonyl (C=O) groups excluding carboxylic acids is 1.